The van der Waals surface area contributed by atoms with Crippen LogP contribution >= 0.6 is 0 Å². The van der Waals surface area contributed by atoms with Crippen molar-refractivity contribution in [2.75, 3.05) is 0 Å². The molecule has 4 nitrogen and oxygen atoms in total. The molecule has 1 rings (SSSR count). The normalized spacial score (nSPS) is 19.5. The molecule has 1 aliphatic carbocycles. The Morgan fingerprint density at radius 3 is 1.64 bits per heavy atom. The van der Waals surface area contributed by atoms with E-state index in [9.17, 15) is 0 Å². The molecule has 0 aromatic rings. The third-order valence-electron chi connectivity index (χ3n) is 1.99. The molecule has 0 amide bonds. The summed E-state index contributed by atoms with van der Waals surface area (Å²) in [6, 6.07) is 0. The van der Waals surface area contributed by atoms with Crippen LogP contribution in [-0.2, 0) is 0 Å². The summed E-state index contributed by atoms with van der Waals surface area (Å²) < 4.78 is 0. The Bertz CT molecular complexity index is 141. The Morgan fingerprint density at radius 2 is 1.27 bits per heavy atom. The minimum absolute atomic E-state index is 0.713. The van der Waals surface area contributed by atoms with Gasteiger partial charge in [-0.15, -0.1) is 0 Å². The van der Waals surface area contributed by atoms with E-state index >= 15 is 0 Å². The van der Waals surface area contributed by atoms with E-state index in [-0.39, 0.29) is 0 Å². The van der Waals surface area contributed by atoms with Gasteiger partial charge in [-0.3, -0.25) is 21.4 Å². The maximum atomic E-state index is 8.66. The molecule has 0 fully saturated rings. The van der Waals surface area contributed by atoms with Crippen LogP contribution in [0.25, 0.3) is 0 Å². The van der Waals surface area contributed by atoms with Crippen molar-refractivity contribution in [3.8, 4) is 0 Å². The molecule has 0 unspecified atom stereocenters. The Kier molecular flexibility index (Phi) is 3.19. The largest absolute Gasteiger partial charge is 0.291 e. The minimum Gasteiger partial charge on any atom is -0.291 e. The van der Waals surface area contributed by atoms with Gasteiger partial charge in [0.05, 0.1) is 11.4 Å². The number of nitrogens with one attached hydrogen (secondary N) is 2. The van der Waals surface area contributed by atoms with E-state index in [2.05, 4.69) is 11.0 Å². The highest BCUT2D eigenvalue weighted by Gasteiger charge is 2.09. The fraction of sp³-hybridized carbons (Fsp3) is 0.714. The minimum atomic E-state index is 0.713. The van der Waals surface area contributed by atoms with E-state index in [0.29, 0.717) is 11.4 Å². The van der Waals surface area contributed by atoms with Gasteiger partial charge in [0.1, 0.15) is 0 Å². The van der Waals surface area contributed by atoms with Gasteiger partial charge in [-0.2, -0.15) is 0 Å². The zero-order valence-electron chi connectivity index (χ0n) is 6.43. The van der Waals surface area contributed by atoms with Crippen LogP contribution in [0.1, 0.15) is 32.1 Å². The number of hydrogen-bond acceptors (Lipinski definition) is 4. The summed E-state index contributed by atoms with van der Waals surface area (Å²) in [4.78, 5) is 0. The molecule has 4 heteroatoms. The third-order valence-corrected chi connectivity index (χ3v) is 1.99. The van der Waals surface area contributed by atoms with E-state index in [1.54, 1.807) is 0 Å². The van der Waals surface area contributed by atoms with Crippen molar-refractivity contribution in [3.63, 3.8) is 0 Å². The molecular weight excluding hydrogens is 144 g/mol. The molecule has 1 aliphatic rings. The molecule has 0 aromatic heterocycles. The summed E-state index contributed by atoms with van der Waals surface area (Å²) in [5.41, 5.74) is 5.63. The highest BCUT2D eigenvalue weighted by atomic mass is 16.5. The summed E-state index contributed by atoms with van der Waals surface area (Å²) in [5, 5.41) is 17.3. The SMILES string of the molecule is ONC1=C(NO)CCCCC1. The first-order valence-electron chi connectivity index (χ1n) is 3.90. The van der Waals surface area contributed by atoms with E-state index in [1.165, 1.54) is 0 Å². The van der Waals surface area contributed by atoms with Gasteiger partial charge in [-0.05, 0) is 25.7 Å². The predicted octanol–water partition coefficient (Wildman–Crippen LogP) is 1.12. The Hall–Kier alpha value is -0.740. The van der Waals surface area contributed by atoms with Crippen LogP contribution in [0.3, 0.4) is 0 Å². The number of allylic oxidation sites excluding steroid dienone is 2. The van der Waals surface area contributed by atoms with E-state index < -0.39 is 0 Å². The van der Waals surface area contributed by atoms with E-state index in [1.807, 2.05) is 0 Å². The Morgan fingerprint density at radius 1 is 0.818 bits per heavy atom. The molecule has 0 saturated heterocycles. The third kappa shape index (κ3) is 2.10. The summed E-state index contributed by atoms with van der Waals surface area (Å²) in [6.45, 7) is 0. The summed E-state index contributed by atoms with van der Waals surface area (Å²) in [5.74, 6) is 0. The maximum Gasteiger partial charge on any atom is 0.0588 e. The van der Waals surface area contributed by atoms with Crippen LogP contribution in [-0.4, -0.2) is 10.4 Å². The lowest BCUT2D eigenvalue weighted by Crippen LogP contribution is -2.17. The zero-order valence-corrected chi connectivity index (χ0v) is 6.43. The molecule has 11 heavy (non-hydrogen) atoms. The molecule has 0 spiro atoms. The van der Waals surface area contributed by atoms with Crippen molar-refractivity contribution < 1.29 is 10.4 Å². The fourth-order valence-electron chi connectivity index (χ4n) is 1.33. The lowest BCUT2D eigenvalue weighted by Gasteiger charge is -2.08. The average molecular weight is 158 g/mol. The fourth-order valence-corrected chi connectivity index (χ4v) is 1.33. The van der Waals surface area contributed by atoms with Gasteiger partial charge in [-0.1, -0.05) is 6.42 Å². The molecule has 0 radical (unpaired) electrons. The van der Waals surface area contributed by atoms with Crippen molar-refractivity contribution >= 4 is 0 Å². The first kappa shape index (κ1) is 8.36. The van der Waals surface area contributed by atoms with Gasteiger partial charge in [0.2, 0.25) is 0 Å². The van der Waals surface area contributed by atoms with E-state index in [4.69, 9.17) is 10.4 Å². The molecule has 0 saturated carbocycles. The van der Waals surface area contributed by atoms with Gasteiger partial charge >= 0.3 is 0 Å². The highest BCUT2D eigenvalue weighted by molar-refractivity contribution is 5.09. The quantitative estimate of drug-likeness (QED) is 0.455. The lowest BCUT2D eigenvalue weighted by atomic mass is 10.2. The van der Waals surface area contributed by atoms with Crippen molar-refractivity contribution in [1.82, 2.24) is 11.0 Å². The van der Waals surface area contributed by atoms with Crippen molar-refractivity contribution in [1.29, 1.82) is 0 Å². The number of hydrogen-bond donors (Lipinski definition) is 4. The Balaban J connectivity index is 2.64. The monoisotopic (exact) mass is 158 g/mol. The van der Waals surface area contributed by atoms with Gasteiger partial charge < -0.3 is 0 Å². The second kappa shape index (κ2) is 4.20. The van der Waals surface area contributed by atoms with Crippen LogP contribution in [0.15, 0.2) is 11.4 Å². The van der Waals surface area contributed by atoms with Gasteiger partial charge in [0, 0.05) is 0 Å². The predicted molar refractivity (Wildman–Crippen MR) is 40.0 cm³/mol. The lowest BCUT2D eigenvalue weighted by molar-refractivity contribution is 0.170. The van der Waals surface area contributed by atoms with Crippen LogP contribution in [0.2, 0.25) is 0 Å². The molecular formula is C7H14N2O2. The number of hydroxylamine groups is 2. The molecule has 64 valence electrons. The smallest absolute Gasteiger partial charge is 0.0588 e. The van der Waals surface area contributed by atoms with Crippen molar-refractivity contribution in [3.05, 3.63) is 11.4 Å². The zero-order chi connectivity index (χ0) is 8.10. The summed E-state index contributed by atoms with van der Waals surface area (Å²) >= 11 is 0. The van der Waals surface area contributed by atoms with Crippen molar-refractivity contribution in [2.45, 2.75) is 32.1 Å². The molecule has 0 aromatic carbocycles. The first-order valence-corrected chi connectivity index (χ1v) is 3.90. The standard InChI is InChI=1S/C7H14N2O2/c10-8-6-4-2-1-3-5-7(6)9-11/h8-11H,1-5H2. The average Bonchev–Trinajstić information content (AvgIpc) is 2.27. The summed E-state index contributed by atoms with van der Waals surface area (Å²) in [6.07, 6.45) is 4.89. The molecule has 0 heterocycles. The van der Waals surface area contributed by atoms with Gasteiger partial charge in [-0.25, -0.2) is 0 Å². The maximum absolute atomic E-state index is 8.66. The van der Waals surface area contributed by atoms with Crippen LogP contribution < -0.4 is 11.0 Å². The van der Waals surface area contributed by atoms with Gasteiger partial charge in [0.15, 0.2) is 0 Å². The topological polar surface area (TPSA) is 64.5 Å². The van der Waals surface area contributed by atoms with Crippen molar-refractivity contribution in [2.24, 2.45) is 0 Å². The van der Waals surface area contributed by atoms with Gasteiger partial charge in [0.25, 0.3) is 0 Å². The highest BCUT2D eigenvalue weighted by Crippen LogP contribution is 2.19. The van der Waals surface area contributed by atoms with E-state index in [0.717, 1.165) is 32.1 Å². The second-order valence-corrected chi connectivity index (χ2v) is 2.74. The van der Waals surface area contributed by atoms with Crippen LogP contribution in [0.5, 0.6) is 0 Å². The molecule has 0 bridgehead atoms. The van der Waals surface area contributed by atoms with Crippen LogP contribution in [0, 0.1) is 0 Å². The molecule has 0 atom stereocenters. The second-order valence-electron chi connectivity index (χ2n) is 2.74. The number of rotatable bonds is 2. The first-order chi connectivity index (χ1) is 5.38. The van der Waals surface area contributed by atoms with Crippen LogP contribution in [0.4, 0.5) is 0 Å². The summed E-state index contributed by atoms with van der Waals surface area (Å²) in [7, 11) is 0. The molecule has 0 aliphatic heterocycles. The molecule has 4 N–H and O–H groups in total. The Labute approximate surface area is 65.8 Å².